The number of ether oxygens (including phenoxy) is 1. The van der Waals surface area contributed by atoms with E-state index in [2.05, 4.69) is 4.74 Å². The lowest BCUT2D eigenvalue weighted by molar-refractivity contribution is -0.288. The lowest BCUT2D eigenvalue weighted by Gasteiger charge is -2.23. The van der Waals surface area contributed by atoms with Crippen molar-refractivity contribution in [3.63, 3.8) is 0 Å². The molecule has 0 bridgehead atoms. The Morgan fingerprint density at radius 1 is 0.962 bits per heavy atom. The van der Waals surface area contributed by atoms with Gasteiger partial charge in [0.25, 0.3) is 0 Å². The molecule has 26 heavy (non-hydrogen) atoms. The summed E-state index contributed by atoms with van der Waals surface area (Å²) in [7, 11) is -12.8. The van der Waals surface area contributed by atoms with Crippen LogP contribution in [-0.4, -0.2) is 68.0 Å². The second-order valence-electron chi connectivity index (χ2n) is 4.18. The molecule has 0 aliphatic heterocycles. The molecular weight excluding hydrogens is 437 g/mol. The predicted molar refractivity (Wildman–Crippen MR) is 65.3 cm³/mol. The average Bonchev–Trinajstić information content (AvgIpc) is 2.39. The number of alkyl carbamates (subject to hydrolysis) is 1. The van der Waals surface area contributed by atoms with Gasteiger partial charge in [0.2, 0.25) is 6.30 Å². The SMILES string of the molecule is O=C(NCCNC(F)C(F)(F)S(=O)(=O)O)OC(F)(F)C(F)(F)S(=O)(=O)O. The molecule has 0 heterocycles. The number of hydrogen-bond donors (Lipinski definition) is 4. The van der Waals surface area contributed by atoms with Gasteiger partial charge in [-0.15, -0.1) is 0 Å². The predicted octanol–water partition coefficient (Wildman–Crippen LogP) is 0.152. The minimum absolute atomic E-state index is 1.09. The highest BCUT2D eigenvalue weighted by molar-refractivity contribution is 7.87. The third-order valence-corrected chi connectivity index (χ3v) is 4.02. The summed E-state index contributed by atoms with van der Waals surface area (Å²) in [5.74, 6) is 0. The van der Waals surface area contributed by atoms with Crippen molar-refractivity contribution in [2.45, 2.75) is 22.9 Å². The van der Waals surface area contributed by atoms with Crippen LogP contribution >= 0.6 is 0 Å². The third kappa shape index (κ3) is 5.53. The zero-order valence-electron chi connectivity index (χ0n) is 11.8. The Balaban J connectivity index is 4.63. The molecule has 1 amide bonds. The van der Waals surface area contributed by atoms with Gasteiger partial charge < -0.3 is 10.1 Å². The standard InChI is InChI=1S/C7H9F7N2O8S2/c8-3(5(9,10)25(18,19)20)15-1-2-16-4(17)24-6(11,12)7(13,14)26(21,22)23/h3,15H,1-2H2,(H,16,17)(H,18,19,20)(H,21,22,23). The summed E-state index contributed by atoms with van der Waals surface area (Å²) in [6.07, 6.45) is -12.2. The van der Waals surface area contributed by atoms with Crippen molar-refractivity contribution in [1.82, 2.24) is 10.6 Å². The molecule has 0 aromatic carbocycles. The van der Waals surface area contributed by atoms with E-state index in [0.717, 1.165) is 5.32 Å². The molecule has 0 spiro atoms. The minimum Gasteiger partial charge on any atom is -0.378 e. The number of alkyl halides is 7. The molecule has 19 heteroatoms. The molecule has 1 unspecified atom stereocenters. The Hall–Kier alpha value is -1.44. The number of halogens is 7. The van der Waals surface area contributed by atoms with Crippen LogP contribution in [0.15, 0.2) is 0 Å². The second-order valence-corrected chi connectivity index (χ2v) is 7.14. The van der Waals surface area contributed by atoms with Crippen LogP contribution in [-0.2, 0) is 25.0 Å². The molecule has 0 rings (SSSR count). The largest absolute Gasteiger partial charge is 0.486 e. The van der Waals surface area contributed by atoms with Crippen molar-refractivity contribution in [3.05, 3.63) is 0 Å². The Morgan fingerprint density at radius 3 is 1.81 bits per heavy atom. The fourth-order valence-corrected chi connectivity index (χ4v) is 1.66. The molecule has 0 aliphatic carbocycles. The first kappa shape index (κ1) is 24.6. The number of hydrogen-bond acceptors (Lipinski definition) is 7. The monoisotopic (exact) mass is 446 g/mol. The number of carbonyl (C=O) groups excluding carboxylic acids is 1. The fraction of sp³-hybridized carbons (Fsp3) is 0.857. The van der Waals surface area contributed by atoms with Crippen molar-refractivity contribution < 1.29 is 66.2 Å². The minimum atomic E-state index is -6.69. The Morgan fingerprint density at radius 2 is 1.42 bits per heavy atom. The van der Waals surface area contributed by atoms with Gasteiger partial charge in [0, 0.05) is 13.1 Å². The smallest absolute Gasteiger partial charge is 0.378 e. The van der Waals surface area contributed by atoms with E-state index in [4.69, 9.17) is 9.11 Å². The maximum atomic E-state index is 12.9. The van der Waals surface area contributed by atoms with Crippen molar-refractivity contribution in [3.8, 4) is 0 Å². The zero-order chi connectivity index (χ0) is 21.2. The average molecular weight is 446 g/mol. The molecule has 0 aromatic heterocycles. The van der Waals surface area contributed by atoms with Gasteiger partial charge in [-0.3, -0.25) is 14.4 Å². The fourth-order valence-electron chi connectivity index (χ4n) is 0.975. The molecule has 4 N–H and O–H groups in total. The van der Waals surface area contributed by atoms with E-state index in [0.29, 0.717) is 0 Å². The van der Waals surface area contributed by atoms with Gasteiger partial charge in [-0.25, -0.2) is 9.18 Å². The van der Waals surface area contributed by atoms with Crippen LogP contribution in [0, 0.1) is 0 Å². The van der Waals surface area contributed by atoms with Gasteiger partial charge >= 0.3 is 42.9 Å². The maximum absolute atomic E-state index is 12.9. The lowest BCUT2D eigenvalue weighted by atomic mass is 10.5. The number of carbonyl (C=O) groups is 1. The highest BCUT2D eigenvalue weighted by Gasteiger charge is 2.69. The van der Waals surface area contributed by atoms with Crippen molar-refractivity contribution in [2.75, 3.05) is 13.1 Å². The van der Waals surface area contributed by atoms with Gasteiger partial charge in [0.05, 0.1) is 0 Å². The quantitative estimate of drug-likeness (QED) is 0.167. The van der Waals surface area contributed by atoms with Gasteiger partial charge in [-0.05, 0) is 0 Å². The van der Waals surface area contributed by atoms with E-state index in [1.54, 1.807) is 0 Å². The van der Waals surface area contributed by atoms with E-state index < -0.39 is 62.3 Å². The summed E-state index contributed by atoms with van der Waals surface area (Å²) in [6.45, 7) is -2.20. The van der Waals surface area contributed by atoms with Gasteiger partial charge in [-0.1, -0.05) is 0 Å². The van der Waals surface area contributed by atoms with Crippen molar-refractivity contribution >= 4 is 26.3 Å². The van der Waals surface area contributed by atoms with E-state index in [-0.39, 0.29) is 0 Å². The number of amides is 1. The summed E-state index contributed by atoms with van der Waals surface area (Å²) in [5, 5.41) is -9.26. The van der Waals surface area contributed by atoms with Crippen molar-refractivity contribution in [1.29, 1.82) is 0 Å². The van der Waals surface area contributed by atoms with Gasteiger partial charge in [0.1, 0.15) is 0 Å². The molecule has 0 aliphatic rings. The number of nitrogens with one attached hydrogen (secondary N) is 2. The maximum Gasteiger partial charge on any atom is 0.486 e. The van der Waals surface area contributed by atoms with Crippen LogP contribution in [0.25, 0.3) is 0 Å². The van der Waals surface area contributed by atoms with Gasteiger partial charge in [-0.2, -0.15) is 43.2 Å². The summed E-state index contributed by atoms with van der Waals surface area (Å²) in [5.41, 5.74) is 0. The van der Waals surface area contributed by atoms with Crippen LogP contribution in [0.1, 0.15) is 0 Å². The van der Waals surface area contributed by atoms with Crippen LogP contribution < -0.4 is 10.6 Å². The molecule has 0 fully saturated rings. The summed E-state index contributed by atoms with van der Waals surface area (Å²) in [6, 6.07) is 0. The normalized spacial score (nSPS) is 15.4. The molecule has 0 aromatic rings. The molecule has 10 nitrogen and oxygen atoms in total. The Bertz CT molecular complexity index is 725. The van der Waals surface area contributed by atoms with E-state index >= 15 is 0 Å². The van der Waals surface area contributed by atoms with Crippen LogP contribution in [0.5, 0.6) is 0 Å². The third-order valence-electron chi connectivity index (χ3n) is 2.24. The van der Waals surface area contributed by atoms with E-state index in [1.165, 1.54) is 5.32 Å². The molecule has 0 saturated carbocycles. The highest BCUT2D eigenvalue weighted by Crippen LogP contribution is 2.39. The Labute approximate surface area is 140 Å². The van der Waals surface area contributed by atoms with Crippen LogP contribution in [0.3, 0.4) is 0 Å². The molecule has 156 valence electrons. The second kappa shape index (κ2) is 7.66. The van der Waals surface area contributed by atoms with Crippen molar-refractivity contribution in [2.24, 2.45) is 0 Å². The first-order chi connectivity index (χ1) is 11.3. The summed E-state index contributed by atoms with van der Waals surface area (Å²) >= 11 is 0. The zero-order valence-corrected chi connectivity index (χ0v) is 13.4. The van der Waals surface area contributed by atoms with E-state index in [1.807, 2.05) is 0 Å². The molecule has 0 radical (unpaired) electrons. The van der Waals surface area contributed by atoms with Crippen LogP contribution in [0.2, 0.25) is 0 Å². The molecule has 1 atom stereocenters. The first-order valence-electron chi connectivity index (χ1n) is 5.69. The molecule has 0 saturated heterocycles. The Kier molecular flexibility index (Phi) is 7.24. The number of rotatable bonds is 9. The van der Waals surface area contributed by atoms with Crippen LogP contribution in [0.4, 0.5) is 35.5 Å². The summed E-state index contributed by atoms with van der Waals surface area (Å²) in [4.78, 5) is 10.8. The molecular formula is C7H9F7N2O8S2. The first-order valence-corrected chi connectivity index (χ1v) is 8.57. The topological polar surface area (TPSA) is 159 Å². The van der Waals surface area contributed by atoms with E-state index in [9.17, 15) is 52.4 Å². The summed E-state index contributed by atoms with van der Waals surface area (Å²) < 4.78 is 149. The lowest BCUT2D eigenvalue weighted by Crippen LogP contribution is -2.52. The van der Waals surface area contributed by atoms with Gasteiger partial charge in [0.15, 0.2) is 0 Å². The highest BCUT2D eigenvalue weighted by atomic mass is 32.2.